The molecule has 3 rings (SSSR count). The maximum Gasteiger partial charge on any atom is 0.196 e. The topological polar surface area (TPSA) is 55.0 Å². The summed E-state index contributed by atoms with van der Waals surface area (Å²) in [5, 5.41) is 0.870. The van der Waals surface area contributed by atoms with Crippen LogP contribution in [0.25, 0.3) is 10.9 Å². The van der Waals surface area contributed by atoms with E-state index in [0.29, 0.717) is 12.2 Å². The number of carbonyl (C=O) groups is 1. The van der Waals surface area contributed by atoms with Crippen LogP contribution >= 0.6 is 0 Å². The van der Waals surface area contributed by atoms with Crippen LogP contribution in [0.1, 0.15) is 30.1 Å². The summed E-state index contributed by atoms with van der Waals surface area (Å²) in [6.45, 7) is 2.54. The van der Waals surface area contributed by atoms with E-state index >= 15 is 0 Å². The van der Waals surface area contributed by atoms with Gasteiger partial charge in [0.2, 0.25) is 0 Å². The lowest BCUT2D eigenvalue weighted by atomic mass is 9.92. The van der Waals surface area contributed by atoms with Gasteiger partial charge in [0.15, 0.2) is 5.78 Å². The largest absolute Gasteiger partial charge is 0.367 e. The van der Waals surface area contributed by atoms with E-state index in [4.69, 9.17) is 4.74 Å². The second-order valence-electron chi connectivity index (χ2n) is 4.64. The Kier molecular flexibility index (Phi) is 2.26. The van der Waals surface area contributed by atoms with Gasteiger partial charge in [0.1, 0.15) is 5.60 Å². The lowest BCUT2D eigenvalue weighted by Gasteiger charge is -2.20. The van der Waals surface area contributed by atoms with E-state index < -0.39 is 5.60 Å². The Morgan fingerprint density at radius 2 is 2.47 bits per heavy atom. The van der Waals surface area contributed by atoms with Crippen LogP contribution in [0.2, 0.25) is 0 Å². The van der Waals surface area contributed by atoms with Crippen molar-refractivity contribution < 1.29 is 9.53 Å². The third-order valence-electron chi connectivity index (χ3n) is 3.43. The molecule has 1 unspecified atom stereocenters. The third-order valence-corrected chi connectivity index (χ3v) is 3.43. The first-order chi connectivity index (χ1) is 8.21. The number of hydrogen-bond acceptors (Lipinski definition) is 3. The fourth-order valence-corrected chi connectivity index (χ4v) is 2.39. The van der Waals surface area contributed by atoms with Crippen LogP contribution in [0, 0.1) is 0 Å². The molecule has 0 saturated carbocycles. The number of aromatic amines is 1. The molecule has 4 nitrogen and oxygen atoms in total. The molecular formula is C13H14N2O2. The van der Waals surface area contributed by atoms with Gasteiger partial charge in [-0.1, -0.05) is 0 Å². The summed E-state index contributed by atoms with van der Waals surface area (Å²) in [6, 6.07) is 1.87. The molecule has 88 valence electrons. The fourth-order valence-electron chi connectivity index (χ4n) is 2.39. The molecular weight excluding hydrogens is 216 g/mol. The highest BCUT2D eigenvalue weighted by atomic mass is 16.5. The molecule has 17 heavy (non-hydrogen) atoms. The zero-order valence-corrected chi connectivity index (χ0v) is 9.69. The Morgan fingerprint density at radius 1 is 1.59 bits per heavy atom. The van der Waals surface area contributed by atoms with Crippen molar-refractivity contribution in [2.75, 3.05) is 6.61 Å². The number of hydrogen-bond donors (Lipinski definition) is 1. The van der Waals surface area contributed by atoms with Crippen molar-refractivity contribution in [2.45, 2.75) is 25.4 Å². The molecule has 0 amide bonds. The van der Waals surface area contributed by atoms with Gasteiger partial charge in [-0.25, -0.2) is 0 Å². The minimum absolute atomic E-state index is 0.0502. The van der Waals surface area contributed by atoms with Crippen molar-refractivity contribution in [3.63, 3.8) is 0 Å². The molecule has 1 aliphatic rings. The van der Waals surface area contributed by atoms with E-state index in [1.807, 2.05) is 13.0 Å². The van der Waals surface area contributed by atoms with Crippen LogP contribution < -0.4 is 0 Å². The van der Waals surface area contributed by atoms with E-state index in [0.717, 1.165) is 23.7 Å². The SMILES string of the molecule is CC1(C(=O)c2c[nH]c3ccncc23)CCCO1. The molecule has 1 atom stereocenters. The summed E-state index contributed by atoms with van der Waals surface area (Å²) in [5.74, 6) is 0.0502. The number of nitrogens with zero attached hydrogens (tertiary/aromatic N) is 1. The molecule has 2 aromatic heterocycles. The van der Waals surface area contributed by atoms with Crippen LogP contribution in [0.15, 0.2) is 24.7 Å². The summed E-state index contributed by atoms with van der Waals surface area (Å²) in [7, 11) is 0. The Labute approximate surface area is 99.0 Å². The average Bonchev–Trinajstić information content (AvgIpc) is 2.95. The molecule has 2 aromatic rings. The van der Waals surface area contributed by atoms with E-state index in [-0.39, 0.29) is 5.78 Å². The number of carbonyl (C=O) groups excluding carboxylic acids is 1. The molecule has 0 aromatic carbocycles. The normalized spacial score (nSPS) is 24.3. The molecule has 1 aliphatic heterocycles. The van der Waals surface area contributed by atoms with Crippen LogP contribution in [-0.2, 0) is 4.74 Å². The van der Waals surface area contributed by atoms with Gasteiger partial charge in [-0.3, -0.25) is 9.78 Å². The number of pyridine rings is 1. The van der Waals surface area contributed by atoms with Gasteiger partial charge >= 0.3 is 0 Å². The second-order valence-corrected chi connectivity index (χ2v) is 4.64. The maximum absolute atomic E-state index is 12.5. The summed E-state index contributed by atoms with van der Waals surface area (Å²) in [5.41, 5.74) is 0.952. The molecule has 0 spiro atoms. The first-order valence-corrected chi connectivity index (χ1v) is 5.80. The number of aromatic nitrogens is 2. The fraction of sp³-hybridized carbons (Fsp3) is 0.385. The Bertz CT molecular complexity index is 568. The summed E-state index contributed by atoms with van der Waals surface area (Å²) in [6.07, 6.45) is 6.92. The lowest BCUT2D eigenvalue weighted by Crippen LogP contribution is -2.34. The van der Waals surface area contributed by atoms with Crippen molar-refractivity contribution in [2.24, 2.45) is 0 Å². The Hall–Kier alpha value is -1.68. The minimum Gasteiger partial charge on any atom is -0.367 e. The van der Waals surface area contributed by atoms with Crippen LogP contribution in [0.3, 0.4) is 0 Å². The average molecular weight is 230 g/mol. The van der Waals surface area contributed by atoms with E-state index in [9.17, 15) is 4.79 Å². The monoisotopic (exact) mass is 230 g/mol. The van der Waals surface area contributed by atoms with Crippen LogP contribution in [0.5, 0.6) is 0 Å². The van der Waals surface area contributed by atoms with Gasteiger partial charge in [-0.15, -0.1) is 0 Å². The number of fused-ring (bicyclic) bond motifs is 1. The molecule has 3 heterocycles. The summed E-state index contributed by atoms with van der Waals surface area (Å²) in [4.78, 5) is 19.6. The zero-order chi connectivity index (χ0) is 11.9. The van der Waals surface area contributed by atoms with Crippen LogP contribution in [-0.4, -0.2) is 28.0 Å². The van der Waals surface area contributed by atoms with Gasteiger partial charge in [0, 0.05) is 41.7 Å². The summed E-state index contributed by atoms with van der Waals surface area (Å²) < 4.78 is 5.59. The minimum atomic E-state index is -0.662. The highest BCUT2D eigenvalue weighted by molar-refractivity contribution is 6.11. The predicted molar refractivity (Wildman–Crippen MR) is 64.0 cm³/mol. The maximum atomic E-state index is 12.5. The zero-order valence-electron chi connectivity index (χ0n) is 9.69. The molecule has 1 saturated heterocycles. The van der Waals surface area contributed by atoms with E-state index in [2.05, 4.69) is 9.97 Å². The van der Waals surface area contributed by atoms with Gasteiger partial charge in [0.25, 0.3) is 0 Å². The lowest BCUT2D eigenvalue weighted by molar-refractivity contribution is 0.0215. The van der Waals surface area contributed by atoms with Gasteiger partial charge in [-0.2, -0.15) is 0 Å². The molecule has 1 N–H and O–H groups in total. The van der Waals surface area contributed by atoms with Crippen molar-refractivity contribution in [1.29, 1.82) is 0 Å². The standard InChI is InChI=1S/C13H14N2O2/c1-13(4-2-6-17-13)12(16)10-8-15-11-3-5-14-7-9(10)11/h3,5,7-8,15H,2,4,6H2,1H3. The second kappa shape index (κ2) is 3.67. The Morgan fingerprint density at radius 3 is 3.24 bits per heavy atom. The Balaban J connectivity index is 2.07. The number of rotatable bonds is 2. The van der Waals surface area contributed by atoms with Crippen molar-refractivity contribution in [1.82, 2.24) is 9.97 Å². The van der Waals surface area contributed by atoms with E-state index in [1.165, 1.54) is 0 Å². The van der Waals surface area contributed by atoms with Crippen molar-refractivity contribution >= 4 is 16.7 Å². The highest BCUT2D eigenvalue weighted by Gasteiger charge is 2.39. The summed E-state index contributed by atoms with van der Waals surface area (Å²) >= 11 is 0. The van der Waals surface area contributed by atoms with Crippen LogP contribution in [0.4, 0.5) is 0 Å². The molecule has 1 fully saturated rings. The molecule has 0 aliphatic carbocycles. The predicted octanol–water partition coefficient (Wildman–Crippen LogP) is 2.31. The third kappa shape index (κ3) is 1.56. The first-order valence-electron chi connectivity index (χ1n) is 5.80. The van der Waals surface area contributed by atoms with Gasteiger partial charge in [0.05, 0.1) is 0 Å². The number of H-pyrrole nitrogens is 1. The van der Waals surface area contributed by atoms with Crippen molar-refractivity contribution in [3.8, 4) is 0 Å². The molecule has 0 bridgehead atoms. The number of nitrogens with one attached hydrogen (secondary N) is 1. The molecule has 0 radical (unpaired) electrons. The van der Waals surface area contributed by atoms with Crippen molar-refractivity contribution in [3.05, 3.63) is 30.2 Å². The smallest absolute Gasteiger partial charge is 0.196 e. The highest BCUT2D eigenvalue weighted by Crippen LogP contribution is 2.31. The quantitative estimate of drug-likeness (QED) is 0.805. The number of Topliss-reactive ketones (excluding diaryl/α,β-unsaturated/α-hetero) is 1. The first kappa shape index (κ1) is 10.5. The molecule has 4 heteroatoms. The number of ether oxygens (including phenoxy) is 1. The van der Waals surface area contributed by atoms with Gasteiger partial charge < -0.3 is 9.72 Å². The van der Waals surface area contributed by atoms with E-state index in [1.54, 1.807) is 18.6 Å². The number of ketones is 1. The van der Waals surface area contributed by atoms with Gasteiger partial charge in [-0.05, 0) is 25.8 Å².